The molecule has 1 heterocycles. The average Bonchev–Trinajstić information content (AvgIpc) is 2.56. The van der Waals surface area contributed by atoms with E-state index in [1.165, 1.54) is 4.90 Å². The minimum Gasteiger partial charge on any atom is -0.480 e. The van der Waals surface area contributed by atoms with Crippen LogP contribution in [0.15, 0.2) is 0 Å². The lowest BCUT2D eigenvalue weighted by Crippen LogP contribution is -2.53. The number of likely N-dealkylation sites (tertiary alicyclic amines) is 1. The normalized spacial score (nSPS) is 27.0. The van der Waals surface area contributed by atoms with Gasteiger partial charge in [-0.05, 0) is 5.41 Å². The molecule has 0 bridgehead atoms. The van der Waals surface area contributed by atoms with Crippen molar-refractivity contribution in [2.45, 2.75) is 45.4 Å². The zero-order valence-electron chi connectivity index (χ0n) is 10.4. The molecular formula is C11H20N2O4. The molecule has 1 aliphatic heterocycles. The van der Waals surface area contributed by atoms with E-state index in [1.807, 2.05) is 20.8 Å². The van der Waals surface area contributed by atoms with Crippen molar-refractivity contribution >= 4 is 11.9 Å². The number of hydrogen-bond donors (Lipinski definition) is 3. The van der Waals surface area contributed by atoms with Crippen LogP contribution in [0, 0.1) is 5.41 Å². The number of nitrogens with two attached hydrogens (primary N) is 1. The van der Waals surface area contributed by atoms with Crippen molar-refractivity contribution in [3.05, 3.63) is 0 Å². The molecule has 6 heteroatoms. The number of carboxylic acids is 1. The molecule has 0 saturated carbocycles. The van der Waals surface area contributed by atoms with Crippen LogP contribution in [0.4, 0.5) is 0 Å². The number of carboxylic acid groups (broad SMARTS) is 1. The number of aliphatic hydroxyl groups is 1. The van der Waals surface area contributed by atoms with Crippen LogP contribution in [0.25, 0.3) is 0 Å². The van der Waals surface area contributed by atoms with Gasteiger partial charge in [-0.3, -0.25) is 4.79 Å². The molecule has 1 fully saturated rings. The van der Waals surface area contributed by atoms with E-state index in [1.54, 1.807) is 0 Å². The molecule has 1 rings (SSSR count). The summed E-state index contributed by atoms with van der Waals surface area (Å²) < 4.78 is 0. The summed E-state index contributed by atoms with van der Waals surface area (Å²) in [5.41, 5.74) is 5.38. The van der Waals surface area contributed by atoms with E-state index in [0.717, 1.165) is 0 Å². The third kappa shape index (κ3) is 2.95. The molecule has 0 aromatic heterocycles. The lowest BCUT2D eigenvalue weighted by molar-refractivity contribution is -0.149. The molecular weight excluding hydrogens is 224 g/mol. The SMILES string of the molecule is CC(C)(C)[C@H](N)C(=O)N1CC(O)CC1C(=O)O. The van der Waals surface area contributed by atoms with Crippen LogP contribution < -0.4 is 5.73 Å². The van der Waals surface area contributed by atoms with Crippen LogP contribution in [-0.2, 0) is 9.59 Å². The number of nitrogens with zero attached hydrogens (tertiary/aromatic N) is 1. The van der Waals surface area contributed by atoms with Crippen molar-refractivity contribution in [1.29, 1.82) is 0 Å². The smallest absolute Gasteiger partial charge is 0.326 e. The summed E-state index contributed by atoms with van der Waals surface area (Å²) >= 11 is 0. The van der Waals surface area contributed by atoms with E-state index < -0.39 is 35.5 Å². The first-order valence-corrected chi connectivity index (χ1v) is 5.61. The first-order chi connectivity index (χ1) is 7.64. The molecule has 0 aliphatic carbocycles. The van der Waals surface area contributed by atoms with Gasteiger partial charge in [0.2, 0.25) is 5.91 Å². The molecule has 2 unspecified atom stereocenters. The zero-order valence-corrected chi connectivity index (χ0v) is 10.4. The largest absolute Gasteiger partial charge is 0.480 e. The van der Waals surface area contributed by atoms with Crippen molar-refractivity contribution in [2.75, 3.05) is 6.54 Å². The summed E-state index contributed by atoms with van der Waals surface area (Å²) in [6.07, 6.45) is -0.718. The van der Waals surface area contributed by atoms with Gasteiger partial charge in [-0.15, -0.1) is 0 Å². The van der Waals surface area contributed by atoms with E-state index in [0.29, 0.717) is 0 Å². The molecule has 0 aromatic carbocycles. The number of rotatable bonds is 2. The highest BCUT2D eigenvalue weighted by atomic mass is 16.4. The highest BCUT2D eigenvalue weighted by Gasteiger charge is 2.42. The predicted molar refractivity (Wildman–Crippen MR) is 61.2 cm³/mol. The summed E-state index contributed by atoms with van der Waals surface area (Å²) in [5, 5.41) is 18.4. The van der Waals surface area contributed by atoms with Gasteiger partial charge in [0.15, 0.2) is 0 Å². The fraction of sp³-hybridized carbons (Fsp3) is 0.818. The van der Waals surface area contributed by atoms with E-state index in [4.69, 9.17) is 10.8 Å². The Bertz CT molecular complexity index is 324. The van der Waals surface area contributed by atoms with Crippen molar-refractivity contribution in [1.82, 2.24) is 4.90 Å². The van der Waals surface area contributed by atoms with Gasteiger partial charge in [0.25, 0.3) is 0 Å². The van der Waals surface area contributed by atoms with Crippen molar-refractivity contribution in [3.63, 3.8) is 0 Å². The summed E-state index contributed by atoms with van der Waals surface area (Å²) in [7, 11) is 0. The van der Waals surface area contributed by atoms with Crippen molar-refractivity contribution in [2.24, 2.45) is 11.1 Å². The van der Waals surface area contributed by atoms with Crippen LogP contribution in [0.2, 0.25) is 0 Å². The zero-order chi connectivity index (χ0) is 13.4. The Balaban J connectivity index is 2.84. The van der Waals surface area contributed by atoms with Crippen LogP contribution in [0.3, 0.4) is 0 Å². The molecule has 1 aliphatic rings. The second-order valence-corrected chi connectivity index (χ2v) is 5.58. The Hall–Kier alpha value is -1.14. The number of aliphatic hydroxyl groups excluding tert-OH is 1. The summed E-state index contributed by atoms with van der Waals surface area (Å²) in [5.74, 6) is -1.52. The van der Waals surface area contributed by atoms with Crippen LogP contribution in [0.1, 0.15) is 27.2 Å². The van der Waals surface area contributed by atoms with E-state index in [2.05, 4.69) is 0 Å². The maximum atomic E-state index is 12.1. The molecule has 6 nitrogen and oxygen atoms in total. The molecule has 98 valence electrons. The molecule has 17 heavy (non-hydrogen) atoms. The van der Waals surface area contributed by atoms with Crippen LogP contribution >= 0.6 is 0 Å². The Morgan fingerprint density at radius 2 is 1.94 bits per heavy atom. The third-order valence-electron chi connectivity index (χ3n) is 3.05. The first-order valence-electron chi connectivity index (χ1n) is 5.61. The second kappa shape index (κ2) is 4.62. The third-order valence-corrected chi connectivity index (χ3v) is 3.05. The minimum absolute atomic E-state index is 0.0413. The minimum atomic E-state index is -1.10. The Morgan fingerprint density at radius 1 is 1.41 bits per heavy atom. The Labute approximate surface area is 100 Å². The fourth-order valence-electron chi connectivity index (χ4n) is 1.84. The highest BCUT2D eigenvalue weighted by Crippen LogP contribution is 2.24. The quantitative estimate of drug-likeness (QED) is 0.602. The molecule has 1 amide bonds. The molecule has 0 spiro atoms. The molecule has 0 aromatic rings. The van der Waals surface area contributed by atoms with Gasteiger partial charge in [0.1, 0.15) is 6.04 Å². The number of hydrogen-bond acceptors (Lipinski definition) is 4. The number of aliphatic carboxylic acids is 1. The van der Waals surface area contributed by atoms with Gasteiger partial charge in [-0.25, -0.2) is 4.79 Å². The number of β-amino-alcohol motifs (C(OH)–C–C–N with tert-alkyl or cyclic N) is 1. The van der Waals surface area contributed by atoms with Crippen molar-refractivity contribution in [3.8, 4) is 0 Å². The predicted octanol–water partition coefficient (Wildman–Crippen LogP) is -0.594. The van der Waals surface area contributed by atoms with Gasteiger partial charge in [0.05, 0.1) is 12.1 Å². The topological polar surface area (TPSA) is 104 Å². The standard InChI is InChI=1S/C11H20N2O4/c1-11(2,3)8(12)9(15)13-5-6(14)4-7(13)10(16)17/h6-8,14H,4-5,12H2,1-3H3,(H,16,17)/t6?,7?,8-/m1/s1. The lowest BCUT2D eigenvalue weighted by Gasteiger charge is -2.31. The maximum Gasteiger partial charge on any atom is 0.326 e. The highest BCUT2D eigenvalue weighted by molar-refractivity contribution is 5.88. The first kappa shape index (κ1) is 13.9. The summed E-state index contributed by atoms with van der Waals surface area (Å²) in [4.78, 5) is 24.2. The van der Waals surface area contributed by atoms with E-state index in [9.17, 15) is 14.7 Å². The van der Waals surface area contributed by atoms with Crippen LogP contribution in [-0.4, -0.2) is 51.7 Å². The number of carbonyl (C=O) groups is 2. The Morgan fingerprint density at radius 3 is 2.35 bits per heavy atom. The Kier molecular flexibility index (Phi) is 3.78. The molecule has 0 radical (unpaired) electrons. The van der Waals surface area contributed by atoms with Gasteiger partial charge in [0, 0.05) is 13.0 Å². The number of amides is 1. The summed E-state index contributed by atoms with van der Waals surface area (Å²) in [6.45, 7) is 5.49. The van der Waals surface area contributed by atoms with Gasteiger partial charge < -0.3 is 20.8 Å². The van der Waals surface area contributed by atoms with Gasteiger partial charge >= 0.3 is 5.97 Å². The molecule has 1 saturated heterocycles. The van der Waals surface area contributed by atoms with E-state index >= 15 is 0 Å². The van der Waals surface area contributed by atoms with Crippen LogP contribution in [0.5, 0.6) is 0 Å². The van der Waals surface area contributed by atoms with E-state index in [-0.39, 0.29) is 13.0 Å². The monoisotopic (exact) mass is 244 g/mol. The van der Waals surface area contributed by atoms with Gasteiger partial charge in [-0.2, -0.15) is 0 Å². The second-order valence-electron chi connectivity index (χ2n) is 5.58. The fourth-order valence-corrected chi connectivity index (χ4v) is 1.84. The maximum absolute atomic E-state index is 12.1. The molecule has 3 atom stereocenters. The number of carbonyl (C=O) groups excluding carboxylic acids is 1. The lowest BCUT2D eigenvalue weighted by atomic mass is 9.86. The average molecular weight is 244 g/mol. The summed E-state index contributed by atoms with van der Waals surface area (Å²) in [6, 6.07) is -1.74. The molecule has 4 N–H and O–H groups in total. The van der Waals surface area contributed by atoms with Crippen molar-refractivity contribution < 1.29 is 19.8 Å². The van der Waals surface area contributed by atoms with Gasteiger partial charge in [-0.1, -0.05) is 20.8 Å².